The van der Waals surface area contributed by atoms with Crippen LogP contribution in [0, 0.1) is 5.41 Å². The number of rotatable bonds is 11. The first-order valence-corrected chi connectivity index (χ1v) is 12.8. The predicted molar refractivity (Wildman–Crippen MR) is 132 cm³/mol. The molecule has 0 bridgehead atoms. The standard InChI is InChI=1S/C25H31N3O5S/c1-3-4-12-32-24(30)20(13-17-8-6-5-7-9-17)27-23(29)22-15-28(25(31)33-22)21-11-10-19(26)14-18(21)16-34-2/h5-11,20,22,26H,3-4,12-16H2,1-2H3,(H,27,29)/t20-,22?/m1/s1. The van der Waals surface area contributed by atoms with E-state index in [0.29, 0.717) is 23.6 Å². The predicted octanol–water partition coefficient (Wildman–Crippen LogP) is 3.47. The van der Waals surface area contributed by atoms with E-state index in [-0.39, 0.29) is 19.6 Å². The molecular weight excluding hydrogens is 454 g/mol. The molecule has 34 heavy (non-hydrogen) atoms. The second kappa shape index (κ2) is 12.4. The zero-order valence-corrected chi connectivity index (χ0v) is 20.4. The minimum atomic E-state index is -1.05. The Morgan fingerprint density at radius 2 is 2.06 bits per heavy atom. The third kappa shape index (κ3) is 6.72. The van der Waals surface area contributed by atoms with Crippen LogP contribution in [0.1, 0.15) is 31.7 Å². The van der Waals surface area contributed by atoms with Gasteiger partial charge in [0.15, 0.2) is 6.10 Å². The first-order chi connectivity index (χ1) is 16.4. The number of carbonyl (C=O) groups is 3. The number of hydrogen-bond donors (Lipinski definition) is 2. The molecule has 1 heterocycles. The zero-order chi connectivity index (χ0) is 24.5. The number of esters is 1. The van der Waals surface area contributed by atoms with Crippen LogP contribution in [-0.2, 0) is 25.5 Å². The summed E-state index contributed by atoms with van der Waals surface area (Å²) in [5.74, 6) is -0.375. The number of amides is 2. The van der Waals surface area contributed by atoms with Crippen LogP contribution in [-0.4, -0.2) is 65.9 Å². The topological polar surface area (TPSA) is 109 Å². The highest BCUT2D eigenvalue weighted by Crippen LogP contribution is 2.27. The number of benzene rings is 1. The van der Waals surface area contributed by atoms with Crippen LogP contribution >= 0.6 is 11.8 Å². The number of nitrogens with zero attached hydrogens (tertiary/aromatic N) is 1. The van der Waals surface area contributed by atoms with E-state index in [9.17, 15) is 14.4 Å². The van der Waals surface area contributed by atoms with Gasteiger partial charge in [0.2, 0.25) is 0 Å². The molecule has 0 saturated carbocycles. The van der Waals surface area contributed by atoms with Crippen LogP contribution in [0.4, 0.5) is 4.79 Å². The summed E-state index contributed by atoms with van der Waals surface area (Å²) >= 11 is 1.60. The van der Waals surface area contributed by atoms with Gasteiger partial charge < -0.3 is 20.2 Å². The molecule has 1 aliphatic carbocycles. The van der Waals surface area contributed by atoms with Crippen LogP contribution < -0.4 is 5.32 Å². The lowest BCUT2D eigenvalue weighted by molar-refractivity contribution is -0.148. The molecule has 2 amide bonds. The van der Waals surface area contributed by atoms with Crippen molar-refractivity contribution in [3.8, 4) is 0 Å². The first kappa shape index (κ1) is 25.6. The maximum absolute atomic E-state index is 13.0. The highest BCUT2D eigenvalue weighted by molar-refractivity contribution is 7.98. The summed E-state index contributed by atoms with van der Waals surface area (Å²) < 4.78 is 10.7. The fourth-order valence-electron chi connectivity index (χ4n) is 3.78. The van der Waals surface area contributed by atoms with Gasteiger partial charge in [0.05, 0.1) is 13.2 Å². The highest BCUT2D eigenvalue weighted by atomic mass is 32.2. The summed E-state index contributed by atoms with van der Waals surface area (Å²) in [7, 11) is 0. The molecule has 8 nitrogen and oxygen atoms in total. The van der Waals surface area contributed by atoms with E-state index in [1.54, 1.807) is 23.9 Å². The number of carbonyl (C=O) groups excluding carboxylic acids is 3. The first-order valence-electron chi connectivity index (χ1n) is 11.4. The molecule has 0 spiro atoms. The second-order valence-corrected chi connectivity index (χ2v) is 9.08. The van der Waals surface area contributed by atoms with Gasteiger partial charge in [0.1, 0.15) is 6.04 Å². The lowest BCUT2D eigenvalue weighted by Gasteiger charge is -2.22. The van der Waals surface area contributed by atoms with Crippen molar-refractivity contribution in [1.82, 2.24) is 10.2 Å². The Kier molecular flexibility index (Phi) is 9.33. The Labute approximate surface area is 204 Å². The molecule has 2 aliphatic rings. The Morgan fingerprint density at radius 3 is 2.76 bits per heavy atom. The monoisotopic (exact) mass is 485 g/mol. The van der Waals surface area contributed by atoms with Crippen molar-refractivity contribution >= 4 is 35.4 Å². The molecule has 1 fully saturated rings. The van der Waals surface area contributed by atoms with Gasteiger partial charge >= 0.3 is 12.1 Å². The average Bonchev–Trinajstić information content (AvgIpc) is 3.21. The fourth-order valence-corrected chi connectivity index (χ4v) is 4.38. The molecule has 9 heteroatoms. The van der Waals surface area contributed by atoms with Crippen LogP contribution in [0.5, 0.6) is 0 Å². The molecule has 1 unspecified atom stereocenters. The third-order valence-corrected chi connectivity index (χ3v) is 6.19. The smallest absolute Gasteiger partial charge is 0.415 e. The Hall–Kier alpha value is -3.07. The maximum Gasteiger partial charge on any atom is 0.415 e. The summed E-state index contributed by atoms with van der Waals surface area (Å²) in [5, 5.41) is 10.6. The van der Waals surface area contributed by atoms with Gasteiger partial charge in [-0.2, -0.15) is 11.8 Å². The normalized spacial score (nSPS) is 18.6. The van der Waals surface area contributed by atoms with E-state index in [2.05, 4.69) is 5.32 Å². The molecule has 0 aromatic heterocycles. The molecule has 1 saturated heterocycles. The summed E-state index contributed by atoms with van der Waals surface area (Å²) in [6.07, 6.45) is 6.03. The third-order valence-electron chi connectivity index (χ3n) is 5.55. The van der Waals surface area contributed by atoms with E-state index in [1.165, 1.54) is 4.90 Å². The molecular formula is C25H31N3O5S. The Balaban J connectivity index is 1.70. The van der Waals surface area contributed by atoms with Crippen LogP contribution in [0.3, 0.4) is 0 Å². The largest absolute Gasteiger partial charge is 0.464 e. The number of ether oxygens (including phenoxy) is 2. The van der Waals surface area contributed by atoms with E-state index in [0.717, 1.165) is 24.0 Å². The SMILES string of the molecule is CCCCOC(=O)[C@@H](Cc1ccccc1)NC(=O)C1CN(C2=C(CSC)CC(=N)C=C2)C(=O)O1. The number of hydrogen-bond acceptors (Lipinski definition) is 7. The number of unbranched alkanes of at least 4 members (excludes halogenated alkanes) is 1. The van der Waals surface area contributed by atoms with Gasteiger partial charge in [-0.05, 0) is 36.0 Å². The lowest BCUT2D eigenvalue weighted by atomic mass is 10.0. The lowest BCUT2D eigenvalue weighted by Crippen LogP contribution is -2.48. The van der Waals surface area contributed by atoms with Crippen molar-refractivity contribution in [3.63, 3.8) is 0 Å². The van der Waals surface area contributed by atoms with Gasteiger partial charge in [0, 0.05) is 30.0 Å². The van der Waals surface area contributed by atoms with Gasteiger partial charge in [0.25, 0.3) is 5.91 Å². The van der Waals surface area contributed by atoms with Crippen molar-refractivity contribution in [2.45, 2.75) is 44.8 Å². The quantitative estimate of drug-likeness (QED) is 0.367. The molecule has 1 aromatic carbocycles. The maximum atomic E-state index is 13.0. The second-order valence-electron chi connectivity index (χ2n) is 8.21. The molecule has 2 N–H and O–H groups in total. The zero-order valence-electron chi connectivity index (χ0n) is 19.5. The number of nitrogens with one attached hydrogen (secondary N) is 2. The van der Waals surface area contributed by atoms with Crippen molar-refractivity contribution in [1.29, 1.82) is 5.41 Å². The molecule has 3 rings (SSSR count). The van der Waals surface area contributed by atoms with E-state index < -0.39 is 30.1 Å². The minimum Gasteiger partial charge on any atom is -0.464 e. The summed E-state index contributed by atoms with van der Waals surface area (Å²) in [6.45, 7) is 2.33. The summed E-state index contributed by atoms with van der Waals surface area (Å²) in [4.78, 5) is 39.8. The number of thioether (sulfide) groups is 1. The highest BCUT2D eigenvalue weighted by Gasteiger charge is 2.40. The van der Waals surface area contributed by atoms with Crippen molar-refractivity contribution in [2.24, 2.45) is 0 Å². The Morgan fingerprint density at radius 1 is 1.29 bits per heavy atom. The Bertz CT molecular complexity index is 976. The molecule has 1 aliphatic heterocycles. The van der Waals surface area contributed by atoms with Gasteiger partial charge in [-0.1, -0.05) is 43.7 Å². The summed E-state index contributed by atoms with van der Waals surface area (Å²) in [5.41, 5.74) is 2.97. The van der Waals surface area contributed by atoms with Gasteiger partial charge in [-0.15, -0.1) is 0 Å². The van der Waals surface area contributed by atoms with Crippen molar-refractivity contribution < 1.29 is 23.9 Å². The average molecular weight is 486 g/mol. The van der Waals surface area contributed by atoms with E-state index in [1.807, 2.05) is 43.5 Å². The minimum absolute atomic E-state index is 0.0402. The molecule has 0 radical (unpaired) electrons. The fraction of sp³-hybridized carbons (Fsp3) is 0.440. The van der Waals surface area contributed by atoms with E-state index >= 15 is 0 Å². The number of cyclic esters (lactones) is 1. The van der Waals surface area contributed by atoms with Crippen LogP contribution in [0.15, 0.2) is 53.8 Å². The van der Waals surface area contributed by atoms with Crippen LogP contribution in [0.2, 0.25) is 0 Å². The molecule has 2 atom stereocenters. The number of allylic oxidation sites excluding steroid dienone is 2. The van der Waals surface area contributed by atoms with Gasteiger partial charge in [-0.25, -0.2) is 9.59 Å². The van der Waals surface area contributed by atoms with Crippen molar-refractivity contribution in [2.75, 3.05) is 25.2 Å². The molecule has 1 aromatic rings. The van der Waals surface area contributed by atoms with E-state index in [4.69, 9.17) is 14.9 Å². The van der Waals surface area contributed by atoms with Crippen LogP contribution in [0.25, 0.3) is 0 Å². The summed E-state index contributed by atoms with van der Waals surface area (Å²) in [6, 6.07) is 8.48. The van der Waals surface area contributed by atoms with Gasteiger partial charge in [-0.3, -0.25) is 9.69 Å². The van der Waals surface area contributed by atoms with Crippen molar-refractivity contribution in [3.05, 3.63) is 59.3 Å². The molecule has 182 valence electrons.